The van der Waals surface area contributed by atoms with Crippen LogP contribution in [0.25, 0.3) is 269 Å². The van der Waals surface area contributed by atoms with Crippen molar-refractivity contribution >= 4 is 207 Å². The van der Waals surface area contributed by atoms with E-state index in [1.54, 1.807) is 0 Å². The molecule has 0 aliphatic rings. The van der Waals surface area contributed by atoms with Gasteiger partial charge >= 0.3 is 0 Å². The largest absolute Gasteiger partial charge is 0.309 e. The molecule has 0 spiro atoms. The topological polar surface area (TPSA) is 44.4 Å². The van der Waals surface area contributed by atoms with Crippen molar-refractivity contribution in [3.63, 3.8) is 0 Å². The lowest BCUT2D eigenvalue weighted by atomic mass is 10.1. The highest BCUT2D eigenvalue weighted by atomic mass is 15.1. The molecule has 0 atom stereocenters. The number of para-hydroxylation sites is 13. The molecule has 9 heteroatoms. The van der Waals surface area contributed by atoms with Gasteiger partial charge < -0.3 is 41.1 Å². The maximum Gasteiger partial charge on any atom is 0.0561 e. The Kier molecular flexibility index (Phi) is 18.3. The number of benzene rings is 23. The second kappa shape index (κ2) is 32.6. The number of aromatic nitrogens is 9. The SMILES string of the molecule is c1ccc(-c2cccc(-n3c4ccccc4c4cc(-n5c6ccccc6c6cc(-n7c8ccccc8c8ccccc87)ccc65)ccc43)c2)cc1.c1ccc(-n2c3ccccc3c3ccc(-n4c5ccccc5c5cc(-n6c7ccccc7c7ccccc76)ccc54)cc32)cc1.c1ccc2cc(-n3c4ccccc4c4cc(-n5c6ccccc6c6cc(-n7c8ccccc8c8ccccc87)ccc65)ccc43)ccc2c1. The summed E-state index contributed by atoms with van der Waals surface area (Å²) in [4.78, 5) is 0. The Labute approximate surface area is 832 Å². The highest BCUT2D eigenvalue weighted by Gasteiger charge is 2.26. The minimum absolute atomic E-state index is 1.15. The fourth-order valence-corrected chi connectivity index (χ4v) is 24.2. The molecular formula is C136H87N9. The molecule has 0 fully saturated rings. The molecular weight excluding hydrogens is 1760 g/mol. The lowest BCUT2D eigenvalue weighted by Crippen LogP contribution is -1.97. The van der Waals surface area contributed by atoms with Crippen molar-refractivity contribution in [1.29, 1.82) is 0 Å². The molecule has 0 saturated carbocycles. The van der Waals surface area contributed by atoms with Crippen molar-refractivity contribution in [3.8, 4) is 62.3 Å². The average Bonchev–Trinajstić information content (AvgIpc) is 1.57. The Bertz CT molecular complexity index is 10800. The standard InChI is InChI=1S/C48H31N3.C46H29N3.C42H27N3/c1-2-13-32(14-3-1)33-15-12-16-34(29-33)49-45-23-10-6-19-39(45)41-31-36(26-27-47(41)49)51-46-24-11-7-20-40(46)42-30-35(25-28-48(42)51)50-43-21-8-4-17-37(43)38-18-5-9-22-44(38)50;1-2-12-31-27-32(22-21-30(31)11-1)47-43-19-9-5-15-37(43)39-29-34(24-25-45(39)47)49-44-20-10-6-16-38(44)40-28-33(23-26-46(40)49)48-41-17-7-3-13-35(41)36-14-4-8-18-42(36)48;1-2-12-28(13-3-1)43-37-18-8-6-16-33(37)35-24-22-30(27-42(35)43)45-40-21-11-7-17-34(40)36-26-29(23-25-41(36)45)44-38-19-9-4-14-31(38)32-15-5-10-20-39(32)44/h1-31H;1-29H;1-27H. The van der Waals surface area contributed by atoms with Gasteiger partial charge in [0.2, 0.25) is 0 Å². The number of rotatable bonds is 10. The van der Waals surface area contributed by atoms with E-state index in [1.807, 2.05) is 0 Å². The van der Waals surface area contributed by atoms with Gasteiger partial charge in [-0.25, -0.2) is 0 Å². The summed E-state index contributed by atoms with van der Waals surface area (Å²) in [6.45, 7) is 0. The second-order valence-corrected chi connectivity index (χ2v) is 38.2. The van der Waals surface area contributed by atoms with Gasteiger partial charge in [-0.2, -0.15) is 0 Å². The minimum Gasteiger partial charge on any atom is -0.309 e. The zero-order valence-corrected chi connectivity index (χ0v) is 78.8. The van der Waals surface area contributed by atoms with E-state index >= 15 is 0 Å². The zero-order chi connectivity index (χ0) is 95.0. The molecule has 9 aromatic heterocycles. The third-order valence-electron chi connectivity index (χ3n) is 30.4. The quantitative estimate of drug-likeness (QED) is 0.131. The summed E-state index contributed by atoms with van der Waals surface area (Å²) < 4.78 is 21.7. The average molecular weight is 1850 g/mol. The van der Waals surface area contributed by atoms with Gasteiger partial charge in [-0.15, -0.1) is 0 Å². The molecule has 676 valence electrons. The van der Waals surface area contributed by atoms with Crippen molar-refractivity contribution in [2.24, 2.45) is 0 Å². The lowest BCUT2D eigenvalue weighted by Gasteiger charge is -2.12. The molecule has 0 amide bonds. The van der Waals surface area contributed by atoms with Crippen LogP contribution >= 0.6 is 0 Å². The third kappa shape index (κ3) is 12.6. The van der Waals surface area contributed by atoms with E-state index < -0.39 is 0 Å². The smallest absolute Gasteiger partial charge is 0.0561 e. The lowest BCUT2D eigenvalue weighted by molar-refractivity contribution is 1.15. The third-order valence-corrected chi connectivity index (χ3v) is 30.4. The van der Waals surface area contributed by atoms with Crippen LogP contribution in [-0.2, 0) is 0 Å². The maximum atomic E-state index is 2.43. The summed E-state index contributed by atoms with van der Waals surface area (Å²) in [7, 11) is 0. The van der Waals surface area contributed by atoms with Gasteiger partial charge in [0.15, 0.2) is 0 Å². The molecule has 23 aromatic carbocycles. The van der Waals surface area contributed by atoms with Crippen LogP contribution < -0.4 is 0 Å². The summed E-state index contributed by atoms with van der Waals surface area (Å²) in [6, 6.07) is 192. The highest BCUT2D eigenvalue weighted by Crippen LogP contribution is 2.47. The number of hydrogen-bond acceptors (Lipinski definition) is 0. The first-order chi connectivity index (χ1) is 72.0. The van der Waals surface area contributed by atoms with Crippen LogP contribution in [0, 0.1) is 0 Å². The molecule has 0 N–H and O–H groups in total. The van der Waals surface area contributed by atoms with Gasteiger partial charge in [0.1, 0.15) is 0 Å². The predicted molar refractivity (Wildman–Crippen MR) is 611 cm³/mol. The van der Waals surface area contributed by atoms with Gasteiger partial charge in [0.25, 0.3) is 0 Å². The summed E-state index contributed by atoms with van der Waals surface area (Å²) in [5, 5.41) is 25.1. The van der Waals surface area contributed by atoms with Gasteiger partial charge in [-0.1, -0.05) is 315 Å². The van der Waals surface area contributed by atoms with Crippen LogP contribution in [0.5, 0.6) is 0 Å². The Morgan fingerprint density at radius 1 is 0.0828 bits per heavy atom. The van der Waals surface area contributed by atoms with E-state index in [1.165, 1.54) is 247 Å². The van der Waals surface area contributed by atoms with Crippen LogP contribution in [0.1, 0.15) is 0 Å². The van der Waals surface area contributed by atoms with Crippen LogP contribution in [0.3, 0.4) is 0 Å². The molecule has 0 radical (unpaired) electrons. The molecule has 9 heterocycles. The van der Waals surface area contributed by atoms with Gasteiger partial charge in [-0.3, -0.25) is 0 Å². The summed E-state index contributed by atoms with van der Waals surface area (Å²) in [5.74, 6) is 0. The van der Waals surface area contributed by atoms with Crippen LogP contribution in [-0.4, -0.2) is 41.1 Å². The monoisotopic (exact) mass is 1850 g/mol. The molecule has 32 aromatic rings. The van der Waals surface area contributed by atoms with Crippen molar-refractivity contribution in [2.75, 3.05) is 0 Å². The molecule has 0 unspecified atom stereocenters. The molecule has 0 aliphatic heterocycles. The Hall–Kier alpha value is -19.5. The van der Waals surface area contributed by atoms with Crippen molar-refractivity contribution in [1.82, 2.24) is 41.1 Å². The highest BCUT2D eigenvalue weighted by molar-refractivity contribution is 6.20. The van der Waals surface area contributed by atoms with Gasteiger partial charge in [0, 0.05) is 148 Å². The fraction of sp³-hybridized carbons (Fsp3) is 0. The Morgan fingerprint density at radius 3 is 0.566 bits per heavy atom. The first-order valence-electron chi connectivity index (χ1n) is 49.9. The predicted octanol–water partition coefficient (Wildman–Crippen LogP) is 35.8. The molecule has 9 nitrogen and oxygen atoms in total. The normalized spacial score (nSPS) is 12.0. The zero-order valence-electron chi connectivity index (χ0n) is 78.8. The Morgan fingerprint density at radius 2 is 0.269 bits per heavy atom. The number of fused-ring (bicyclic) bond motifs is 28. The molecule has 145 heavy (non-hydrogen) atoms. The second-order valence-electron chi connectivity index (χ2n) is 38.2. The van der Waals surface area contributed by atoms with E-state index in [0.29, 0.717) is 0 Å². The molecule has 0 saturated heterocycles. The first kappa shape index (κ1) is 81.5. The van der Waals surface area contributed by atoms with E-state index in [2.05, 4.69) is 569 Å². The van der Waals surface area contributed by atoms with E-state index in [-0.39, 0.29) is 0 Å². The van der Waals surface area contributed by atoms with Gasteiger partial charge in [0.05, 0.1) is 99.3 Å². The van der Waals surface area contributed by atoms with Gasteiger partial charge in [-0.05, 0) is 234 Å². The van der Waals surface area contributed by atoms with Crippen LogP contribution in [0.4, 0.5) is 0 Å². The van der Waals surface area contributed by atoms with Crippen LogP contribution in [0.2, 0.25) is 0 Å². The maximum absolute atomic E-state index is 2.43. The number of nitrogens with zero attached hydrogens (tertiary/aromatic N) is 9. The Balaban J connectivity index is 0.000000101. The van der Waals surface area contributed by atoms with E-state index in [4.69, 9.17) is 0 Å². The molecule has 32 rings (SSSR count). The van der Waals surface area contributed by atoms with Crippen molar-refractivity contribution in [3.05, 3.63) is 528 Å². The van der Waals surface area contributed by atoms with E-state index in [9.17, 15) is 0 Å². The van der Waals surface area contributed by atoms with Crippen LogP contribution in [0.15, 0.2) is 528 Å². The molecule has 0 aliphatic carbocycles. The van der Waals surface area contributed by atoms with Crippen molar-refractivity contribution in [2.45, 2.75) is 0 Å². The first-order valence-corrected chi connectivity index (χ1v) is 49.9. The number of hydrogen-bond donors (Lipinski definition) is 0. The summed E-state index contributed by atoms with van der Waals surface area (Å²) in [6.07, 6.45) is 0. The summed E-state index contributed by atoms with van der Waals surface area (Å²) >= 11 is 0. The van der Waals surface area contributed by atoms with E-state index in [0.717, 1.165) is 22.7 Å². The minimum atomic E-state index is 1.15. The van der Waals surface area contributed by atoms with Crippen molar-refractivity contribution < 1.29 is 0 Å². The fourth-order valence-electron chi connectivity index (χ4n) is 24.2. The summed E-state index contributed by atoms with van der Waals surface area (Å²) in [5.41, 5.74) is 34.6. The molecule has 0 bridgehead atoms.